The first kappa shape index (κ1) is 9.52. The maximum absolute atomic E-state index is 10.9. The van der Waals surface area contributed by atoms with Crippen molar-refractivity contribution in [3.05, 3.63) is 0 Å². The standard InChI is InChI=1S/C9H16O3/c1-8(2,7(10)11)9(12)5-3-4-6-9/h12H,3-6H2,1-2H3,(H,10,11). The molecule has 0 amide bonds. The van der Waals surface area contributed by atoms with Crippen molar-refractivity contribution < 1.29 is 15.0 Å². The number of hydrogen-bond acceptors (Lipinski definition) is 2. The Morgan fingerprint density at radius 2 is 1.75 bits per heavy atom. The molecule has 0 radical (unpaired) electrons. The second-order valence-electron chi connectivity index (χ2n) is 4.17. The van der Waals surface area contributed by atoms with Crippen molar-refractivity contribution in [2.24, 2.45) is 5.41 Å². The lowest BCUT2D eigenvalue weighted by Gasteiger charge is -2.36. The second kappa shape index (κ2) is 2.73. The Hall–Kier alpha value is -0.570. The van der Waals surface area contributed by atoms with Gasteiger partial charge in [0.15, 0.2) is 0 Å². The van der Waals surface area contributed by atoms with Gasteiger partial charge in [0.25, 0.3) is 0 Å². The van der Waals surface area contributed by atoms with Crippen LogP contribution in [0.15, 0.2) is 0 Å². The number of hydrogen-bond donors (Lipinski definition) is 2. The zero-order valence-corrected chi connectivity index (χ0v) is 7.63. The molecule has 2 N–H and O–H groups in total. The van der Waals surface area contributed by atoms with Gasteiger partial charge >= 0.3 is 5.97 Å². The van der Waals surface area contributed by atoms with E-state index in [1.54, 1.807) is 13.8 Å². The fourth-order valence-electron chi connectivity index (χ4n) is 1.78. The Labute approximate surface area is 72.4 Å². The predicted molar refractivity (Wildman–Crippen MR) is 44.8 cm³/mol. The van der Waals surface area contributed by atoms with Gasteiger partial charge in [0.1, 0.15) is 0 Å². The van der Waals surface area contributed by atoms with Crippen molar-refractivity contribution >= 4 is 5.97 Å². The molecule has 0 unspecified atom stereocenters. The van der Waals surface area contributed by atoms with Crippen LogP contribution < -0.4 is 0 Å². The van der Waals surface area contributed by atoms with Gasteiger partial charge < -0.3 is 10.2 Å². The highest BCUT2D eigenvalue weighted by Crippen LogP contribution is 2.43. The molecule has 1 saturated carbocycles. The molecular formula is C9H16O3. The summed E-state index contributed by atoms with van der Waals surface area (Å²) in [6.07, 6.45) is 3.11. The summed E-state index contributed by atoms with van der Waals surface area (Å²) >= 11 is 0. The molecule has 0 spiro atoms. The normalized spacial score (nSPS) is 22.6. The van der Waals surface area contributed by atoms with E-state index in [1.807, 2.05) is 0 Å². The maximum atomic E-state index is 10.9. The molecule has 3 nitrogen and oxygen atoms in total. The fourth-order valence-corrected chi connectivity index (χ4v) is 1.78. The van der Waals surface area contributed by atoms with Crippen LogP contribution in [0.1, 0.15) is 39.5 Å². The van der Waals surface area contributed by atoms with E-state index in [2.05, 4.69) is 0 Å². The molecule has 0 bridgehead atoms. The summed E-state index contributed by atoms with van der Waals surface area (Å²) in [4.78, 5) is 10.9. The molecule has 0 aromatic heterocycles. The molecule has 0 aliphatic heterocycles. The Morgan fingerprint density at radius 1 is 1.33 bits per heavy atom. The van der Waals surface area contributed by atoms with Crippen molar-refractivity contribution in [2.75, 3.05) is 0 Å². The number of carboxylic acid groups (broad SMARTS) is 1. The zero-order valence-electron chi connectivity index (χ0n) is 7.63. The summed E-state index contributed by atoms with van der Waals surface area (Å²) in [6, 6.07) is 0. The van der Waals surface area contributed by atoms with Crippen molar-refractivity contribution in [1.29, 1.82) is 0 Å². The fraction of sp³-hybridized carbons (Fsp3) is 0.889. The molecular weight excluding hydrogens is 156 g/mol. The minimum atomic E-state index is -1.01. The molecule has 1 aliphatic carbocycles. The molecule has 1 aliphatic rings. The van der Waals surface area contributed by atoms with E-state index in [0.29, 0.717) is 12.8 Å². The number of rotatable bonds is 2. The summed E-state index contributed by atoms with van der Waals surface area (Å²) in [5.74, 6) is -0.910. The Morgan fingerprint density at radius 3 is 2.08 bits per heavy atom. The molecule has 1 fully saturated rings. The first-order chi connectivity index (χ1) is 5.40. The summed E-state index contributed by atoms with van der Waals surface area (Å²) in [7, 11) is 0. The quantitative estimate of drug-likeness (QED) is 0.662. The van der Waals surface area contributed by atoms with Crippen LogP contribution in [0, 0.1) is 5.41 Å². The van der Waals surface area contributed by atoms with Gasteiger partial charge in [-0.1, -0.05) is 12.8 Å². The first-order valence-corrected chi connectivity index (χ1v) is 4.36. The van der Waals surface area contributed by atoms with E-state index in [1.165, 1.54) is 0 Å². The maximum Gasteiger partial charge on any atom is 0.312 e. The van der Waals surface area contributed by atoms with E-state index < -0.39 is 17.0 Å². The SMILES string of the molecule is CC(C)(C(=O)O)C1(O)CCCC1. The Balaban J connectivity index is 2.85. The van der Waals surface area contributed by atoms with E-state index in [-0.39, 0.29) is 0 Å². The summed E-state index contributed by atoms with van der Waals surface area (Å²) < 4.78 is 0. The monoisotopic (exact) mass is 172 g/mol. The molecule has 0 heterocycles. The Kier molecular flexibility index (Phi) is 2.17. The summed E-state index contributed by atoms with van der Waals surface area (Å²) in [5.41, 5.74) is -2.00. The smallest absolute Gasteiger partial charge is 0.312 e. The van der Waals surface area contributed by atoms with Crippen LogP contribution in [-0.2, 0) is 4.79 Å². The second-order valence-corrected chi connectivity index (χ2v) is 4.17. The number of carboxylic acids is 1. The van der Waals surface area contributed by atoms with Gasteiger partial charge in [-0.05, 0) is 26.7 Å². The van der Waals surface area contributed by atoms with Crippen molar-refractivity contribution in [3.8, 4) is 0 Å². The van der Waals surface area contributed by atoms with Crippen molar-refractivity contribution in [2.45, 2.75) is 45.1 Å². The van der Waals surface area contributed by atoms with Crippen LogP contribution in [0.4, 0.5) is 0 Å². The number of aliphatic hydroxyl groups is 1. The largest absolute Gasteiger partial charge is 0.481 e. The third-order valence-electron chi connectivity index (χ3n) is 3.13. The average Bonchev–Trinajstić information content (AvgIpc) is 2.37. The van der Waals surface area contributed by atoms with Gasteiger partial charge in [0, 0.05) is 0 Å². The molecule has 0 saturated heterocycles. The summed E-state index contributed by atoms with van der Waals surface area (Å²) in [6.45, 7) is 3.20. The van der Waals surface area contributed by atoms with Crippen LogP contribution in [0.3, 0.4) is 0 Å². The van der Waals surface area contributed by atoms with Crippen LogP contribution in [0.2, 0.25) is 0 Å². The lowest BCUT2D eigenvalue weighted by Crippen LogP contribution is -2.47. The highest BCUT2D eigenvalue weighted by molar-refractivity contribution is 5.75. The summed E-state index contributed by atoms with van der Waals surface area (Å²) in [5, 5.41) is 18.9. The van der Waals surface area contributed by atoms with Crippen molar-refractivity contribution in [1.82, 2.24) is 0 Å². The Bertz CT molecular complexity index is 190. The zero-order chi connectivity index (χ0) is 9.41. The number of aliphatic carboxylic acids is 1. The van der Waals surface area contributed by atoms with Gasteiger partial charge in [-0.2, -0.15) is 0 Å². The molecule has 12 heavy (non-hydrogen) atoms. The van der Waals surface area contributed by atoms with Crippen LogP contribution in [0.5, 0.6) is 0 Å². The topological polar surface area (TPSA) is 57.5 Å². The minimum absolute atomic E-state index is 0.617. The van der Waals surface area contributed by atoms with E-state index in [9.17, 15) is 9.90 Å². The van der Waals surface area contributed by atoms with Gasteiger partial charge in [-0.15, -0.1) is 0 Å². The average molecular weight is 172 g/mol. The van der Waals surface area contributed by atoms with E-state index >= 15 is 0 Å². The van der Waals surface area contributed by atoms with Crippen LogP contribution in [-0.4, -0.2) is 21.8 Å². The van der Waals surface area contributed by atoms with Gasteiger partial charge in [-0.25, -0.2) is 0 Å². The molecule has 0 aromatic rings. The lowest BCUT2D eigenvalue weighted by molar-refractivity contribution is -0.163. The third kappa shape index (κ3) is 1.22. The molecule has 1 rings (SSSR count). The minimum Gasteiger partial charge on any atom is -0.481 e. The lowest BCUT2D eigenvalue weighted by atomic mass is 9.74. The van der Waals surface area contributed by atoms with Crippen LogP contribution >= 0.6 is 0 Å². The molecule has 0 aromatic carbocycles. The molecule has 70 valence electrons. The van der Waals surface area contributed by atoms with Crippen molar-refractivity contribution in [3.63, 3.8) is 0 Å². The third-order valence-corrected chi connectivity index (χ3v) is 3.13. The predicted octanol–water partition coefficient (Wildman–Crippen LogP) is 1.40. The highest BCUT2D eigenvalue weighted by atomic mass is 16.4. The first-order valence-electron chi connectivity index (χ1n) is 4.36. The van der Waals surface area contributed by atoms with Crippen LogP contribution in [0.25, 0.3) is 0 Å². The van der Waals surface area contributed by atoms with E-state index in [0.717, 1.165) is 12.8 Å². The molecule has 3 heteroatoms. The van der Waals surface area contributed by atoms with Gasteiger partial charge in [0.05, 0.1) is 11.0 Å². The van der Waals surface area contributed by atoms with Gasteiger partial charge in [-0.3, -0.25) is 4.79 Å². The highest BCUT2D eigenvalue weighted by Gasteiger charge is 2.50. The number of carbonyl (C=O) groups is 1. The van der Waals surface area contributed by atoms with E-state index in [4.69, 9.17) is 5.11 Å². The molecule has 0 atom stereocenters. The van der Waals surface area contributed by atoms with Gasteiger partial charge in [0.2, 0.25) is 0 Å².